The zero-order valence-electron chi connectivity index (χ0n) is 17.7. The molecule has 1 heterocycles. The first kappa shape index (κ1) is 20.8. The van der Waals surface area contributed by atoms with Crippen LogP contribution in [0.25, 0.3) is 10.8 Å². The predicted molar refractivity (Wildman–Crippen MR) is 123 cm³/mol. The summed E-state index contributed by atoms with van der Waals surface area (Å²) in [5.41, 5.74) is 1.09. The minimum Gasteiger partial charge on any atom is -0.349 e. The third-order valence-corrected chi connectivity index (χ3v) is 6.41. The molecule has 0 radical (unpaired) electrons. The van der Waals surface area contributed by atoms with Gasteiger partial charge >= 0.3 is 0 Å². The number of rotatable bonds is 4. The van der Waals surface area contributed by atoms with E-state index in [-0.39, 0.29) is 34.1 Å². The maximum atomic E-state index is 13.2. The zero-order chi connectivity index (χ0) is 23.1. The van der Waals surface area contributed by atoms with Gasteiger partial charge in [-0.1, -0.05) is 25.3 Å². The minimum atomic E-state index is -0.557. The molecule has 0 bridgehead atoms. The fourth-order valence-corrected chi connectivity index (χ4v) is 4.75. The summed E-state index contributed by atoms with van der Waals surface area (Å²) >= 11 is 0. The van der Waals surface area contributed by atoms with Crippen molar-refractivity contribution in [2.24, 2.45) is 0 Å². The quantitative estimate of drug-likeness (QED) is 0.360. The van der Waals surface area contributed by atoms with Crippen molar-refractivity contribution in [3.05, 3.63) is 81.4 Å². The van der Waals surface area contributed by atoms with Crippen molar-refractivity contribution >= 4 is 39.9 Å². The molecule has 5 rings (SSSR count). The van der Waals surface area contributed by atoms with Crippen LogP contribution in [-0.2, 0) is 0 Å². The number of nitrogens with zero attached hydrogens (tertiary/aromatic N) is 2. The van der Waals surface area contributed by atoms with E-state index in [1.165, 1.54) is 24.6 Å². The van der Waals surface area contributed by atoms with E-state index in [1.54, 1.807) is 36.4 Å². The molecule has 8 nitrogen and oxygen atoms in total. The van der Waals surface area contributed by atoms with E-state index >= 15 is 0 Å². The number of imide groups is 1. The Hall–Kier alpha value is -4.07. The number of carbonyl (C=O) groups excluding carboxylic acids is 3. The molecule has 8 heteroatoms. The van der Waals surface area contributed by atoms with Gasteiger partial charge in [0.2, 0.25) is 0 Å². The van der Waals surface area contributed by atoms with Gasteiger partial charge in [-0.15, -0.1) is 0 Å². The molecule has 0 unspecified atom stereocenters. The van der Waals surface area contributed by atoms with E-state index in [4.69, 9.17) is 0 Å². The summed E-state index contributed by atoms with van der Waals surface area (Å²) in [6.45, 7) is 0. The number of carbonyl (C=O) groups is 3. The van der Waals surface area contributed by atoms with E-state index in [0.717, 1.165) is 30.6 Å². The largest absolute Gasteiger partial charge is 0.349 e. The molecule has 1 saturated carbocycles. The van der Waals surface area contributed by atoms with Gasteiger partial charge in [-0.3, -0.25) is 24.5 Å². The Morgan fingerprint density at radius 2 is 1.58 bits per heavy atom. The van der Waals surface area contributed by atoms with Crippen LogP contribution in [0.4, 0.5) is 11.4 Å². The summed E-state index contributed by atoms with van der Waals surface area (Å²) in [4.78, 5) is 51.0. The number of nitro benzene ring substituents is 1. The van der Waals surface area contributed by atoms with Crippen LogP contribution in [-0.4, -0.2) is 28.7 Å². The summed E-state index contributed by atoms with van der Waals surface area (Å²) < 4.78 is 0. The van der Waals surface area contributed by atoms with Gasteiger partial charge in [-0.25, -0.2) is 4.90 Å². The van der Waals surface area contributed by atoms with Gasteiger partial charge in [0.15, 0.2) is 0 Å². The Morgan fingerprint density at radius 3 is 2.24 bits per heavy atom. The van der Waals surface area contributed by atoms with Crippen LogP contribution >= 0.6 is 0 Å². The van der Waals surface area contributed by atoms with Crippen molar-refractivity contribution in [3.8, 4) is 0 Å². The van der Waals surface area contributed by atoms with Gasteiger partial charge in [0.25, 0.3) is 23.4 Å². The molecule has 166 valence electrons. The lowest BCUT2D eigenvalue weighted by atomic mass is 9.92. The number of non-ortho nitro benzene ring substituents is 1. The average molecular weight is 443 g/mol. The molecule has 0 spiro atoms. The number of nitrogens with one attached hydrogen (secondary N) is 1. The summed E-state index contributed by atoms with van der Waals surface area (Å²) in [6, 6.07) is 13.9. The highest BCUT2D eigenvalue weighted by atomic mass is 16.6. The Bertz CT molecular complexity index is 1290. The standard InChI is InChI=1S/C25H21N3O5/c29-23(26-16-5-2-1-3-6-16)15-9-11-17(12-10-15)27-24(30)19-8-4-7-18-21(28(32)33)14-13-20(22(18)19)25(27)31/h4,7-14,16H,1-3,5-6H2,(H,26,29). The van der Waals surface area contributed by atoms with Crippen LogP contribution in [0.15, 0.2) is 54.6 Å². The molecule has 1 aliphatic heterocycles. The first-order valence-electron chi connectivity index (χ1n) is 11.0. The number of anilines is 1. The van der Waals surface area contributed by atoms with E-state index < -0.39 is 16.7 Å². The topological polar surface area (TPSA) is 110 Å². The van der Waals surface area contributed by atoms with Gasteiger partial charge in [-0.05, 0) is 55.3 Å². The molecule has 3 amide bonds. The van der Waals surface area contributed by atoms with Crippen molar-refractivity contribution in [1.29, 1.82) is 0 Å². The number of hydrogen-bond donors (Lipinski definition) is 1. The smallest absolute Gasteiger partial charge is 0.277 e. The summed E-state index contributed by atoms with van der Waals surface area (Å²) in [5.74, 6) is -1.29. The molecular weight excluding hydrogens is 422 g/mol. The summed E-state index contributed by atoms with van der Waals surface area (Å²) in [7, 11) is 0. The molecule has 0 aromatic heterocycles. The van der Waals surface area contributed by atoms with Gasteiger partial charge in [0, 0.05) is 34.2 Å². The lowest BCUT2D eigenvalue weighted by Gasteiger charge is -2.27. The van der Waals surface area contributed by atoms with E-state index in [9.17, 15) is 24.5 Å². The Labute approximate surface area is 189 Å². The van der Waals surface area contributed by atoms with Crippen LogP contribution in [0.3, 0.4) is 0 Å². The van der Waals surface area contributed by atoms with Crippen molar-refractivity contribution in [3.63, 3.8) is 0 Å². The number of hydrogen-bond acceptors (Lipinski definition) is 5. The highest BCUT2D eigenvalue weighted by Crippen LogP contribution is 2.36. The van der Waals surface area contributed by atoms with Crippen LogP contribution < -0.4 is 10.2 Å². The normalized spacial score (nSPS) is 16.2. The predicted octanol–water partition coefficient (Wildman–Crippen LogP) is 4.61. The van der Waals surface area contributed by atoms with Crippen molar-refractivity contribution in [2.75, 3.05) is 4.90 Å². The van der Waals surface area contributed by atoms with Crippen LogP contribution in [0.2, 0.25) is 0 Å². The Morgan fingerprint density at radius 1 is 0.909 bits per heavy atom. The second-order valence-corrected chi connectivity index (χ2v) is 8.42. The second-order valence-electron chi connectivity index (χ2n) is 8.42. The summed E-state index contributed by atoms with van der Waals surface area (Å²) in [5, 5.41) is 15.0. The van der Waals surface area contributed by atoms with Crippen LogP contribution in [0.5, 0.6) is 0 Å². The first-order valence-corrected chi connectivity index (χ1v) is 11.0. The average Bonchev–Trinajstić information content (AvgIpc) is 2.83. The second kappa shape index (κ2) is 8.12. The summed E-state index contributed by atoms with van der Waals surface area (Å²) in [6.07, 6.45) is 5.37. The molecule has 3 aromatic carbocycles. The van der Waals surface area contributed by atoms with Gasteiger partial charge in [-0.2, -0.15) is 0 Å². The Balaban J connectivity index is 1.46. The molecule has 3 aromatic rings. The third kappa shape index (κ3) is 3.53. The third-order valence-electron chi connectivity index (χ3n) is 6.41. The van der Waals surface area contributed by atoms with Crippen LogP contribution in [0.1, 0.15) is 63.2 Å². The monoisotopic (exact) mass is 443 g/mol. The fraction of sp³-hybridized carbons (Fsp3) is 0.240. The van der Waals surface area contributed by atoms with E-state index in [0.29, 0.717) is 16.6 Å². The number of nitro groups is 1. The molecule has 1 N–H and O–H groups in total. The molecule has 1 aliphatic carbocycles. The first-order chi connectivity index (χ1) is 16.0. The number of benzene rings is 3. The fourth-order valence-electron chi connectivity index (χ4n) is 4.75. The molecule has 2 aliphatic rings. The van der Waals surface area contributed by atoms with Gasteiger partial charge < -0.3 is 5.32 Å². The molecule has 1 fully saturated rings. The molecular formula is C25H21N3O5. The van der Waals surface area contributed by atoms with Crippen molar-refractivity contribution in [2.45, 2.75) is 38.1 Å². The Kier molecular flexibility index (Phi) is 5.12. The lowest BCUT2D eigenvalue weighted by Crippen LogP contribution is -2.40. The van der Waals surface area contributed by atoms with Crippen molar-refractivity contribution < 1.29 is 19.3 Å². The van der Waals surface area contributed by atoms with Crippen LogP contribution in [0, 0.1) is 10.1 Å². The van der Waals surface area contributed by atoms with Gasteiger partial charge in [0.1, 0.15) is 0 Å². The molecule has 33 heavy (non-hydrogen) atoms. The molecule has 0 atom stereocenters. The maximum absolute atomic E-state index is 13.2. The SMILES string of the molecule is O=C(NC1CCCCC1)c1ccc(N2C(=O)c3cccc4c([N+](=O)[O-])ccc(c34)C2=O)cc1. The zero-order valence-corrected chi connectivity index (χ0v) is 17.7. The maximum Gasteiger partial charge on any atom is 0.277 e. The van der Waals surface area contributed by atoms with Crippen molar-refractivity contribution in [1.82, 2.24) is 5.32 Å². The number of amides is 3. The van der Waals surface area contributed by atoms with E-state index in [1.807, 2.05) is 0 Å². The van der Waals surface area contributed by atoms with E-state index in [2.05, 4.69) is 5.32 Å². The molecule has 0 saturated heterocycles. The lowest BCUT2D eigenvalue weighted by molar-refractivity contribution is -0.383. The minimum absolute atomic E-state index is 0.155. The highest BCUT2D eigenvalue weighted by molar-refractivity contribution is 6.36. The highest BCUT2D eigenvalue weighted by Gasteiger charge is 2.35. The van der Waals surface area contributed by atoms with Gasteiger partial charge in [0.05, 0.1) is 16.0 Å².